The molecule has 152 valence electrons. The SMILES string of the molecule is CCOC(=O)COc1cccc(C=NNC(=O)CC(=O)Nc2ccccc2F)c1. The summed E-state index contributed by atoms with van der Waals surface area (Å²) in [5, 5.41) is 6.07. The molecule has 0 saturated heterocycles. The van der Waals surface area contributed by atoms with E-state index in [1.54, 1.807) is 37.3 Å². The van der Waals surface area contributed by atoms with Gasteiger partial charge in [-0.25, -0.2) is 14.6 Å². The van der Waals surface area contributed by atoms with Crippen LogP contribution < -0.4 is 15.5 Å². The molecule has 0 aliphatic rings. The van der Waals surface area contributed by atoms with Gasteiger partial charge in [-0.2, -0.15) is 5.10 Å². The number of benzene rings is 2. The van der Waals surface area contributed by atoms with Gasteiger partial charge in [0.1, 0.15) is 18.0 Å². The van der Waals surface area contributed by atoms with Crippen molar-refractivity contribution in [2.75, 3.05) is 18.5 Å². The molecule has 0 aliphatic carbocycles. The first-order valence-corrected chi connectivity index (χ1v) is 8.72. The van der Waals surface area contributed by atoms with E-state index >= 15 is 0 Å². The molecule has 0 aliphatic heterocycles. The van der Waals surface area contributed by atoms with Crippen molar-refractivity contribution in [1.82, 2.24) is 5.43 Å². The molecule has 0 heterocycles. The maximum atomic E-state index is 13.5. The number of hydrazone groups is 1. The molecule has 29 heavy (non-hydrogen) atoms. The van der Waals surface area contributed by atoms with E-state index in [0.29, 0.717) is 11.3 Å². The summed E-state index contributed by atoms with van der Waals surface area (Å²) in [7, 11) is 0. The van der Waals surface area contributed by atoms with Crippen molar-refractivity contribution in [1.29, 1.82) is 0 Å². The molecule has 0 unspecified atom stereocenters. The molecule has 0 spiro atoms. The summed E-state index contributed by atoms with van der Waals surface area (Å²) in [5.41, 5.74) is 2.80. The zero-order valence-corrected chi connectivity index (χ0v) is 15.7. The lowest BCUT2D eigenvalue weighted by molar-refractivity contribution is -0.145. The average Bonchev–Trinajstić information content (AvgIpc) is 2.69. The first-order valence-electron chi connectivity index (χ1n) is 8.72. The highest BCUT2D eigenvalue weighted by Gasteiger charge is 2.11. The molecule has 8 nitrogen and oxygen atoms in total. The smallest absolute Gasteiger partial charge is 0.344 e. The highest BCUT2D eigenvalue weighted by atomic mass is 19.1. The quantitative estimate of drug-likeness (QED) is 0.290. The standard InChI is InChI=1S/C20H20FN3O5/c1-2-28-20(27)13-29-15-7-5-6-14(10-15)12-22-24-19(26)11-18(25)23-17-9-4-3-8-16(17)21/h3-10,12H,2,11,13H2,1H3,(H,23,25)(H,24,26). The summed E-state index contributed by atoms with van der Waals surface area (Å²) in [6.45, 7) is 1.75. The van der Waals surface area contributed by atoms with Crippen LogP contribution in [0.15, 0.2) is 53.6 Å². The lowest BCUT2D eigenvalue weighted by Crippen LogP contribution is -2.24. The van der Waals surface area contributed by atoms with Gasteiger partial charge in [0.05, 0.1) is 18.5 Å². The van der Waals surface area contributed by atoms with Crippen LogP contribution in [0, 0.1) is 5.82 Å². The van der Waals surface area contributed by atoms with Crippen molar-refractivity contribution in [3.8, 4) is 5.75 Å². The van der Waals surface area contributed by atoms with Crippen LogP contribution in [0.3, 0.4) is 0 Å². The van der Waals surface area contributed by atoms with Gasteiger partial charge in [0.2, 0.25) is 11.8 Å². The van der Waals surface area contributed by atoms with Gasteiger partial charge >= 0.3 is 5.97 Å². The number of rotatable bonds is 9. The Morgan fingerprint density at radius 1 is 1.10 bits per heavy atom. The van der Waals surface area contributed by atoms with Gasteiger partial charge in [0.25, 0.3) is 0 Å². The fraction of sp³-hybridized carbons (Fsp3) is 0.200. The van der Waals surface area contributed by atoms with Gasteiger partial charge in [0.15, 0.2) is 6.61 Å². The maximum Gasteiger partial charge on any atom is 0.344 e. The number of halogens is 1. The summed E-state index contributed by atoms with van der Waals surface area (Å²) in [6.07, 6.45) is 0.832. The van der Waals surface area contributed by atoms with Crippen molar-refractivity contribution in [2.45, 2.75) is 13.3 Å². The van der Waals surface area contributed by atoms with Gasteiger partial charge in [0, 0.05) is 0 Å². The van der Waals surface area contributed by atoms with Crippen LogP contribution in [0.2, 0.25) is 0 Å². The fourth-order valence-electron chi connectivity index (χ4n) is 2.15. The lowest BCUT2D eigenvalue weighted by atomic mass is 10.2. The second kappa shape index (κ2) is 11.2. The Balaban J connectivity index is 1.80. The molecule has 2 aromatic carbocycles. The second-order valence-electron chi connectivity index (χ2n) is 5.66. The highest BCUT2D eigenvalue weighted by Crippen LogP contribution is 2.13. The van der Waals surface area contributed by atoms with Crippen LogP contribution in [-0.2, 0) is 19.1 Å². The average molecular weight is 401 g/mol. The van der Waals surface area contributed by atoms with Gasteiger partial charge in [-0.1, -0.05) is 24.3 Å². The number of nitrogens with one attached hydrogen (secondary N) is 2. The molecule has 2 aromatic rings. The minimum Gasteiger partial charge on any atom is -0.482 e. The van der Waals surface area contributed by atoms with Crippen molar-refractivity contribution >= 4 is 29.7 Å². The molecule has 0 fully saturated rings. The number of carbonyl (C=O) groups excluding carboxylic acids is 3. The normalized spacial score (nSPS) is 10.4. The first-order chi connectivity index (χ1) is 14.0. The van der Waals surface area contributed by atoms with E-state index in [1.807, 2.05) is 0 Å². The number of para-hydroxylation sites is 1. The van der Waals surface area contributed by atoms with Crippen molar-refractivity contribution in [3.63, 3.8) is 0 Å². The Bertz CT molecular complexity index is 901. The molecule has 2 amide bonds. The Morgan fingerprint density at radius 3 is 2.66 bits per heavy atom. The summed E-state index contributed by atoms with van der Waals surface area (Å²) < 4.78 is 23.5. The van der Waals surface area contributed by atoms with Gasteiger partial charge in [-0.3, -0.25) is 9.59 Å². The zero-order chi connectivity index (χ0) is 21.1. The molecule has 0 radical (unpaired) electrons. The largest absolute Gasteiger partial charge is 0.482 e. The van der Waals surface area contributed by atoms with E-state index < -0.39 is 30.0 Å². The fourth-order valence-corrected chi connectivity index (χ4v) is 2.15. The molecule has 9 heteroatoms. The van der Waals surface area contributed by atoms with Crippen LogP contribution in [-0.4, -0.2) is 37.2 Å². The minimum atomic E-state index is -0.669. The molecular formula is C20H20FN3O5. The Labute approximate surface area is 166 Å². The molecule has 2 rings (SSSR count). The third-order valence-electron chi connectivity index (χ3n) is 3.39. The summed E-state index contributed by atoms with van der Waals surface area (Å²) in [5.74, 6) is -1.98. The van der Waals surface area contributed by atoms with E-state index in [0.717, 1.165) is 0 Å². The van der Waals surface area contributed by atoms with Gasteiger partial charge < -0.3 is 14.8 Å². The third kappa shape index (κ3) is 7.79. The Kier molecular flexibility index (Phi) is 8.30. The number of esters is 1. The number of hydrogen-bond donors (Lipinski definition) is 2. The number of amides is 2. The van der Waals surface area contributed by atoms with E-state index in [4.69, 9.17) is 9.47 Å². The molecule has 0 atom stereocenters. The second-order valence-corrected chi connectivity index (χ2v) is 5.66. The van der Waals surface area contributed by atoms with E-state index in [2.05, 4.69) is 15.8 Å². The first kappa shape index (κ1) is 21.5. The van der Waals surface area contributed by atoms with Crippen LogP contribution >= 0.6 is 0 Å². The lowest BCUT2D eigenvalue weighted by Gasteiger charge is -2.06. The van der Waals surface area contributed by atoms with Crippen LogP contribution in [0.25, 0.3) is 0 Å². The molecular weight excluding hydrogens is 381 g/mol. The van der Waals surface area contributed by atoms with Crippen LogP contribution in [0.4, 0.5) is 10.1 Å². The monoisotopic (exact) mass is 401 g/mol. The van der Waals surface area contributed by atoms with Crippen molar-refractivity contribution < 1.29 is 28.2 Å². The predicted molar refractivity (Wildman–Crippen MR) is 104 cm³/mol. The molecule has 0 saturated carbocycles. The molecule has 0 aromatic heterocycles. The van der Waals surface area contributed by atoms with Crippen LogP contribution in [0.1, 0.15) is 18.9 Å². The van der Waals surface area contributed by atoms with Crippen molar-refractivity contribution in [2.24, 2.45) is 5.10 Å². The topological polar surface area (TPSA) is 106 Å². The zero-order valence-electron chi connectivity index (χ0n) is 15.7. The number of carbonyl (C=O) groups is 3. The van der Waals surface area contributed by atoms with Crippen molar-refractivity contribution in [3.05, 3.63) is 59.9 Å². The maximum absolute atomic E-state index is 13.5. The predicted octanol–water partition coefficient (Wildman–Crippen LogP) is 2.25. The Hall–Kier alpha value is -3.75. The summed E-state index contributed by atoms with van der Waals surface area (Å²) in [6, 6.07) is 12.3. The summed E-state index contributed by atoms with van der Waals surface area (Å²) in [4.78, 5) is 34.8. The number of hydrogen-bond acceptors (Lipinski definition) is 6. The van der Waals surface area contributed by atoms with E-state index in [1.165, 1.54) is 24.4 Å². The van der Waals surface area contributed by atoms with E-state index in [-0.39, 0.29) is 18.9 Å². The molecule has 0 bridgehead atoms. The number of anilines is 1. The number of nitrogens with zero attached hydrogens (tertiary/aromatic N) is 1. The van der Waals surface area contributed by atoms with Gasteiger partial charge in [-0.05, 0) is 36.8 Å². The van der Waals surface area contributed by atoms with Gasteiger partial charge in [-0.15, -0.1) is 0 Å². The Morgan fingerprint density at radius 2 is 1.90 bits per heavy atom. The minimum absolute atomic E-state index is 0.00608. The summed E-state index contributed by atoms with van der Waals surface area (Å²) >= 11 is 0. The third-order valence-corrected chi connectivity index (χ3v) is 3.39. The molecule has 2 N–H and O–H groups in total. The van der Waals surface area contributed by atoms with Crippen LogP contribution in [0.5, 0.6) is 5.75 Å². The number of ether oxygens (including phenoxy) is 2. The highest BCUT2D eigenvalue weighted by molar-refractivity contribution is 6.03. The van der Waals surface area contributed by atoms with E-state index in [9.17, 15) is 18.8 Å².